The second-order valence-electron chi connectivity index (χ2n) is 18.4. The molecule has 0 aromatic carbocycles. The SMILES string of the molecule is C=CC[C@@H](C(=O)C(C)(C)[C@H](CC(=O)O)O[Si](C)(C)C(C)(C)C)[C@@H](O[Si](C)(C)C(C)(C)C)[C@@H](C)CCCC(C)=CC[C@H](O)C(C)=Cc1csc(C)n1. The maximum Gasteiger partial charge on any atom is 0.305 e. The molecule has 0 spiro atoms. The van der Waals surface area contributed by atoms with Crippen molar-refractivity contribution in [2.45, 2.75) is 176 Å². The van der Waals surface area contributed by atoms with Crippen LogP contribution in [-0.2, 0) is 18.4 Å². The van der Waals surface area contributed by atoms with Crippen LogP contribution in [0.1, 0.15) is 125 Å². The van der Waals surface area contributed by atoms with Gasteiger partial charge in [0.25, 0.3) is 0 Å². The number of rotatable bonds is 21. The Morgan fingerprint density at radius 2 is 1.53 bits per heavy atom. The lowest BCUT2D eigenvalue weighted by Crippen LogP contribution is -2.55. The first kappa shape index (κ1) is 47.3. The van der Waals surface area contributed by atoms with E-state index in [4.69, 9.17) is 8.85 Å². The van der Waals surface area contributed by atoms with Crippen molar-refractivity contribution in [3.63, 3.8) is 0 Å². The van der Waals surface area contributed by atoms with Gasteiger partial charge in [0.15, 0.2) is 16.6 Å². The van der Waals surface area contributed by atoms with Crippen molar-refractivity contribution in [2.75, 3.05) is 0 Å². The number of carbonyl (C=O) groups excluding carboxylic acids is 1. The van der Waals surface area contributed by atoms with E-state index in [2.05, 4.69) is 99.2 Å². The lowest BCUT2D eigenvalue weighted by Gasteiger charge is -2.47. The summed E-state index contributed by atoms with van der Waals surface area (Å²) < 4.78 is 13.9. The number of thiazole rings is 1. The van der Waals surface area contributed by atoms with E-state index >= 15 is 0 Å². The van der Waals surface area contributed by atoms with Crippen LogP contribution in [0.4, 0.5) is 0 Å². The summed E-state index contributed by atoms with van der Waals surface area (Å²) in [4.78, 5) is 31.5. The van der Waals surface area contributed by atoms with Gasteiger partial charge >= 0.3 is 5.97 Å². The zero-order valence-electron chi connectivity index (χ0n) is 35.0. The number of aliphatic hydroxyl groups excluding tert-OH is 1. The topological polar surface area (TPSA) is 106 Å². The van der Waals surface area contributed by atoms with Crippen LogP contribution < -0.4 is 0 Å². The number of aliphatic carboxylic acids is 1. The van der Waals surface area contributed by atoms with Crippen molar-refractivity contribution in [3.05, 3.63) is 46.0 Å². The van der Waals surface area contributed by atoms with E-state index in [0.717, 1.165) is 35.5 Å². The summed E-state index contributed by atoms with van der Waals surface area (Å²) in [6.07, 6.45) is 7.58. The Labute approximate surface area is 317 Å². The highest BCUT2D eigenvalue weighted by molar-refractivity contribution is 7.09. The van der Waals surface area contributed by atoms with Crippen LogP contribution in [0, 0.1) is 24.2 Å². The van der Waals surface area contributed by atoms with Gasteiger partial charge in [0.2, 0.25) is 0 Å². The number of aryl methyl sites for hydroxylation is 1. The maximum absolute atomic E-state index is 14.9. The molecule has 292 valence electrons. The molecule has 0 aliphatic carbocycles. The molecule has 0 saturated carbocycles. The molecule has 2 N–H and O–H groups in total. The van der Waals surface area contributed by atoms with Gasteiger partial charge in [-0.1, -0.05) is 80.0 Å². The molecule has 0 bridgehead atoms. The minimum atomic E-state index is -2.41. The van der Waals surface area contributed by atoms with Gasteiger partial charge in [-0.05, 0) is 107 Å². The van der Waals surface area contributed by atoms with Crippen LogP contribution in [0.5, 0.6) is 0 Å². The van der Waals surface area contributed by atoms with Gasteiger partial charge in [-0.25, -0.2) is 4.98 Å². The summed E-state index contributed by atoms with van der Waals surface area (Å²) in [5.74, 6) is -1.43. The number of nitrogens with zero attached hydrogens (tertiary/aromatic N) is 1. The first-order chi connectivity index (χ1) is 23.1. The molecule has 0 saturated heterocycles. The average molecular weight is 764 g/mol. The summed E-state index contributed by atoms with van der Waals surface area (Å²) in [6.45, 7) is 37.6. The molecular formula is C41H73NO6SSi2. The van der Waals surface area contributed by atoms with Crippen LogP contribution in [0.2, 0.25) is 36.3 Å². The summed E-state index contributed by atoms with van der Waals surface area (Å²) in [5.41, 5.74) is 1.93. The van der Waals surface area contributed by atoms with Crippen molar-refractivity contribution in [2.24, 2.45) is 17.3 Å². The second kappa shape index (κ2) is 19.1. The fourth-order valence-electron chi connectivity index (χ4n) is 5.70. The largest absolute Gasteiger partial charge is 0.481 e. The van der Waals surface area contributed by atoms with E-state index in [9.17, 15) is 19.8 Å². The zero-order valence-corrected chi connectivity index (χ0v) is 37.8. The van der Waals surface area contributed by atoms with Crippen molar-refractivity contribution in [1.29, 1.82) is 0 Å². The number of hydrogen-bond donors (Lipinski definition) is 2. The number of aliphatic hydroxyl groups is 1. The first-order valence-electron chi connectivity index (χ1n) is 18.7. The molecule has 1 aromatic heterocycles. The predicted molar refractivity (Wildman–Crippen MR) is 221 cm³/mol. The van der Waals surface area contributed by atoms with Gasteiger partial charge < -0.3 is 19.1 Å². The van der Waals surface area contributed by atoms with E-state index in [1.165, 1.54) is 5.57 Å². The van der Waals surface area contributed by atoms with Gasteiger partial charge in [0, 0.05) is 16.7 Å². The summed E-state index contributed by atoms with van der Waals surface area (Å²) in [6, 6.07) is 0. The standard InChI is InChI=1S/C41H73NO6SSi2/c1-18-20-33(38(46)41(12,13)35(26-36(44)45)47-50(14,15)39(6,7)8)37(48-51(16,17)40(9,10)11)29(3)22-19-21-28(2)23-24-34(43)30(4)25-32-27-49-31(5)42-32/h18,23,25,27,29,33-35,37,43H,1,19-22,24,26H2,2-17H3,(H,44,45)/t29-,33+,34-,35-,37-/m0/s1. The number of ketones is 1. The zero-order chi connectivity index (χ0) is 39.8. The Bertz CT molecular complexity index is 1360. The van der Waals surface area contributed by atoms with Crippen LogP contribution in [-0.4, -0.2) is 61.9 Å². The Balaban J connectivity index is 3.35. The van der Waals surface area contributed by atoms with E-state index in [1.807, 2.05) is 39.2 Å². The third-order valence-corrected chi connectivity index (χ3v) is 21.2. The first-order valence-corrected chi connectivity index (χ1v) is 25.4. The number of Topliss-reactive ketones (excluding diaryl/α,β-unsaturated/α-hetero) is 1. The fraction of sp³-hybridized carbons (Fsp3) is 0.732. The highest BCUT2D eigenvalue weighted by atomic mass is 32.1. The molecule has 5 atom stereocenters. The van der Waals surface area contributed by atoms with Gasteiger partial charge in [-0.2, -0.15) is 0 Å². The van der Waals surface area contributed by atoms with Crippen molar-refractivity contribution in [1.82, 2.24) is 4.98 Å². The molecule has 0 amide bonds. The number of carboxylic acid groups (broad SMARTS) is 1. The molecule has 51 heavy (non-hydrogen) atoms. The minimum absolute atomic E-state index is 0.0239. The quantitative estimate of drug-likeness (QED) is 0.0948. The molecule has 1 heterocycles. The van der Waals surface area contributed by atoms with Crippen LogP contribution in [0.3, 0.4) is 0 Å². The summed E-state index contributed by atoms with van der Waals surface area (Å²) in [7, 11) is -4.73. The van der Waals surface area contributed by atoms with Gasteiger partial charge in [0.05, 0.1) is 35.4 Å². The van der Waals surface area contributed by atoms with E-state index in [1.54, 1.807) is 17.4 Å². The molecule has 0 aliphatic rings. The average Bonchev–Trinajstić information content (AvgIpc) is 3.39. The lowest BCUT2D eigenvalue weighted by molar-refractivity contribution is -0.146. The monoisotopic (exact) mass is 763 g/mol. The summed E-state index contributed by atoms with van der Waals surface area (Å²) in [5, 5.41) is 23.6. The van der Waals surface area contributed by atoms with Gasteiger partial charge in [-0.3, -0.25) is 9.59 Å². The Morgan fingerprint density at radius 1 is 0.980 bits per heavy atom. The molecular weight excluding hydrogens is 691 g/mol. The molecule has 7 nitrogen and oxygen atoms in total. The number of carboxylic acids is 1. The number of allylic oxidation sites excluding steroid dienone is 2. The van der Waals surface area contributed by atoms with E-state index in [-0.39, 0.29) is 34.3 Å². The lowest BCUT2D eigenvalue weighted by atomic mass is 9.71. The maximum atomic E-state index is 14.9. The van der Waals surface area contributed by atoms with Gasteiger partial charge in [-0.15, -0.1) is 17.9 Å². The van der Waals surface area contributed by atoms with Crippen LogP contribution >= 0.6 is 11.3 Å². The fourth-order valence-corrected chi connectivity index (χ4v) is 9.14. The molecule has 10 heteroatoms. The Kier molecular flexibility index (Phi) is 17.7. The third-order valence-electron chi connectivity index (χ3n) is 11.5. The highest BCUT2D eigenvalue weighted by Crippen LogP contribution is 2.44. The molecule has 0 unspecified atom stereocenters. The minimum Gasteiger partial charge on any atom is -0.481 e. The van der Waals surface area contributed by atoms with E-state index in [0.29, 0.717) is 12.8 Å². The molecule has 0 radical (unpaired) electrons. The third kappa shape index (κ3) is 14.2. The number of aromatic nitrogens is 1. The van der Waals surface area contributed by atoms with Crippen LogP contribution in [0.25, 0.3) is 6.08 Å². The Hall–Kier alpha value is -1.70. The molecule has 1 rings (SSSR count). The number of carbonyl (C=O) groups is 2. The van der Waals surface area contributed by atoms with Crippen molar-refractivity contribution >= 4 is 45.8 Å². The summed E-state index contributed by atoms with van der Waals surface area (Å²) >= 11 is 1.60. The number of hydrogen-bond acceptors (Lipinski definition) is 7. The van der Waals surface area contributed by atoms with E-state index < -0.39 is 46.1 Å². The molecule has 0 fully saturated rings. The van der Waals surface area contributed by atoms with Crippen molar-refractivity contribution in [3.8, 4) is 0 Å². The molecule has 1 aromatic rings. The smallest absolute Gasteiger partial charge is 0.305 e. The van der Waals surface area contributed by atoms with Crippen molar-refractivity contribution < 1.29 is 28.7 Å². The highest BCUT2D eigenvalue weighted by Gasteiger charge is 2.50. The second-order valence-corrected chi connectivity index (χ2v) is 29.0. The Morgan fingerprint density at radius 3 is 2.00 bits per heavy atom. The normalized spacial score (nSPS) is 17.1. The predicted octanol–water partition coefficient (Wildman–Crippen LogP) is 11.4. The van der Waals surface area contributed by atoms with Gasteiger partial charge in [0.1, 0.15) is 5.78 Å². The van der Waals surface area contributed by atoms with Crippen LogP contribution in [0.15, 0.2) is 35.3 Å². The molecule has 0 aliphatic heterocycles.